The predicted octanol–water partition coefficient (Wildman–Crippen LogP) is 4.86. The Hall–Kier alpha value is -1.87. The molecule has 108 valence electrons. The van der Waals surface area contributed by atoms with Crippen molar-refractivity contribution in [1.29, 1.82) is 0 Å². The van der Waals surface area contributed by atoms with Gasteiger partial charge in [-0.1, -0.05) is 31.0 Å². The van der Waals surface area contributed by atoms with E-state index in [-0.39, 0.29) is 0 Å². The Labute approximate surface area is 129 Å². The highest BCUT2D eigenvalue weighted by Crippen LogP contribution is 2.25. The topological polar surface area (TPSA) is 30.7 Å². The number of benzene rings is 1. The van der Waals surface area contributed by atoms with E-state index in [0.29, 0.717) is 5.02 Å². The zero-order chi connectivity index (χ0) is 14.8. The normalized spacial score (nSPS) is 11.2. The molecule has 0 atom stereocenters. The maximum Gasteiger partial charge on any atom is 0.159 e. The highest BCUT2D eigenvalue weighted by atomic mass is 35.5. The van der Waals surface area contributed by atoms with Crippen molar-refractivity contribution in [3.8, 4) is 11.5 Å². The van der Waals surface area contributed by atoms with E-state index in [0.717, 1.165) is 36.4 Å². The summed E-state index contributed by atoms with van der Waals surface area (Å²) in [5.41, 5.74) is 4.28. The van der Waals surface area contributed by atoms with E-state index in [9.17, 15) is 0 Å². The molecule has 0 saturated carbocycles. The van der Waals surface area contributed by atoms with E-state index in [4.69, 9.17) is 16.6 Å². The number of fused-ring (bicyclic) bond motifs is 1. The van der Waals surface area contributed by atoms with Gasteiger partial charge in [-0.15, -0.1) is 0 Å². The number of aromatic nitrogens is 3. The third-order valence-electron chi connectivity index (χ3n) is 3.60. The molecule has 3 nitrogen and oxygen atoms in total. The lowest BCUT2D eigenvalue weighted by Gasteiger charge is -2.08. The first-order valence-electron chi connectivity index (χ1n) is 7.28. The number of rotatable bonds is 4. The molecule has 2 heterocycles. The van der Waals surface area contributed by atoms with Gasteiger partial charge in [0.25, 0.3) is 0 Å². The molecule has 0 aliphatic heterocycles. The first kappa shape index (κ1) is 14.1. The van der Waals surface area contributed by atoms with Crippen molar-refractivity contribution in [1.82, 2.24) is 14.5 Å². The van der Waals surface area contributed by atoms with E-state index in [1.165, 1.54) is 11.1 Å². The number of hydrogen-bond acceptors (Lipinski definition) is 2. The fourth-order valence-electron chi connectivity index (χ4n) is 2.49. The van der Waals surface area contributed by atoms with Gasteiger partial charge in [-0.05, 0) is 43.2 Å². The zero-order valence-corrected chi connectivity index (χ0v) is 13.1. The van der Waals surface area contributed by atoms with Crippen LogP contribution in [0.15, 0.2) is 36.5 Å². The van der Waals surface area contributed by atoms with Crippen LogP contribution in [-0.4, -0.2) is 14.5 Å². The van der Waals surface area contributed by atoms with E-state index >= 15 is 0 Å². The quantitative estimate of drug-likeness (QED) is 0.689. The first-order valence-corrected chi connectivity index (χ1v) is 7.65. The molecule has 4 heteroatoms. The van der Waals surface area contributed by atoms with Crippen molar-refractivity contribution < 1.29 is 0 Å². The maximum atomic E-state index is 5.93. The fourth-order valence-corrected chi connectivity index (χ4v) is 2.60. The Balaban J connectivity index is 2.17. The Morgan fingerprint density at radius 3 is 2.76 bits per heavy atom. The number of aryl methyl sites for hydroxylation is 2. The van der Waals surface area contributed by atoms with Gasteiger partial charge in [-0.3, -0.25) is 4.98 Å². The number of imidazole rings is 1. The molecule has 0 spiro atoms. The summed E-state index contributed by atoms with van der Waals surface area (Å²) in [6.07, 6.45) is 3.95. The molecule has 21 heavy (non-hydrogen) atoms. The van der Waals surface area contributed by atoms with Crippen LogP contribution in [0.1, 0.15) is 25.3 Å². The number of unbranched alkanes of at least 4 members (excludes halogenated alkanes) is 1. The Bertz CT molecular complexity index is 760. The number of nitrogens with zero attached hydrogens (tertiary/aromatic N) is 3. The van der Waals surface area contributed by atoms with Gasteiger partial charge in [0.05, 0.1) is 16.1 Å². The molecule has 0 fully saturated rings. The monoisotopic (exact) mass is 299 g/mol. The molecule has 1 aromatic carbocycles. The summed E-state index contributed by atoms with van der Waals surface area (Å²) >= 11 is 5.93. The lowest BCUT2D eigenvalue weighted by Crippen LogP contribution is -2.01. The van der Waals surface area contributed by atoms with Gasteiger partial charge in [-0.25, -0.2) is 4.98 Å². The smallest absolute Gasteiger partial charge is 0.159 e. The summed E-state index contributed by atoms with van der Waals surface area (Å²) in [7, 11) is 0. The lowest BCUT2D eigenvalue weighted by molar-refractivity contribution is 0.650. The van der Waals surface area contributed by atoms with Crippen LogP contribution in [0.3, 0.4) is 0 Å². The molecular weight excluding hydrogens is 282 g/mol. The summed E-state index contributed by atoms with van der Waals surface area (Å²) in [5, 5.41) is 0.644. The highest BCUT2D eigenvalue weighted by Gasteiger charge is 2.13. The van der Waals surface area contributed by atoms with Crippen molar-refractivity contribution in [2.75, 3.05) is 0 Å². The summed E-state index contributed by atoms with van der Waals surface area (Å²) < 4.78 is 2.26. The molecular formula is C17H18ClN3. The summed E-state index contributed by atoms with van der Waals surface area (Å²) in [6, 6.07) is 10.2. The SMILES string of the molecule is CCCCn1c(-c2ccc(Cl)cn2)nc2cc(C)ccc21. The van der Waals surface area contributed by atoms with Crippen LogP contribution in [0.2, 0.25) is 5.02 Å². The lowest BCUT2D eigenvalue weighted by atomic mass is 10.2. The minimum atomic E-state index is 0.644. The van der Waals surface area contributed by atoms with E-state index in [1.807, 2.05) is 12.1 Å². The van der Waals surface area contributed by atoms with Gasteiger partial charge in [0.2, 0.25) is 0 Å². The average molecular weight is 300 g/mol. The second kappa shape index (κ2) is 5.86. The molecule has 0 radical (unpaired) electrons. The molecule has 0 saturated heterocycles. The predicted molar refractivity (Wildman–Crippen MR) is 87.6 cm³/mol. The van der Waals surface area contributed by atoms with Crippen LogP contribution in [0, 0.1) is 6.92 Å². The number of hydrogen-bond donors (Lipinski definition) is 0. The minimum absolute atomic E-state index is 0.644. The molecule has 0 N–H and O–H groups in total. The maximum absolute atomic E-state index is 5.93. The summed E-state index contributed by atoms with van der Waals surface area (Å²) in [6.45, 7) is 5.24. The van der Waals surface area contributed by atoms with Crippen molar-refractivity contribution in [3.63, 3.8) is 0 Å². The molecule has 0 amide bonds. The zero-order valence-electron chi connectivity index (χ0n) is 12.3. The molecule has 2 aromatic heterocycles. The number of pyridine rings is 1. The second-order valence-corrected chi connectivity index (χ2v) is 5.73. The van der Waals surface area contributed by atoms with Gasteiger partial charge in [0, 0.05) is 12.7 Å². The average Bonchev–Trinajstić information content (AvgIpc) is 2.83. The largest absolute Gasteiger partial charge is 0.323 e. The summed E-state index contributed by atoms with van der Waals surface area (Å²) in [4.78, 5) is 9.20. The molecule has 0 aliphatic carbocycles. The van der Waals surface area contributed by atoms with Crippen molar-refractivity contribution in [2.24, 2.45) is 0 Å². The standard InChI is InChI=1S/C17H18ClN3/c1-3-4-9-21-16-8-5-12(2)10-15(16)20-17(21)14-7-6-13(18)11-19-14/h5-8,10-11H,3-4,9H2,1-2H3. The molecule has 0 bridgehead atoms. The first-order chi connectivity index (χ1) is 10.2. The summed E-state index contributed by atoms with van der Waals surface area (Å²) in [5.74, 6) is 0.917. The number of halogens is 1. The molecule has 3 aromatic rings. The van der Waals surface area contributed by atoms with Gasteiger partial charge in [0.1, 0.15) is 5.69 Å². The van der Waals surface area contributed by atoms with Crippen LogP contribution < -0.4 is 0 Å². The van der Waals surface area contributed by atoms with E-state index in [1.54, 1.807) is 6.20 Å². The second-order valence-electron chi connectivity index (χ2n) is 5.29. The van der Waals surface area contributed by atoms with Crippen LogP contribution in [0.25, 0.3) is 22.6 Å². The van der Waals surface area contributed by atoms with Gasteiger partial charge in [-0.2, -0.15) is 0 Å². The van der Waals surface area contributed by atoms with Crippen molar-refractivity contribution in [2.45, 2.75) is 33.2 Å². The highest BCUT2D eigenvalue weighted by molar-refractivity contribution is 6.30. The van der Waals surface area contributed by atoms with Crippen LogP contribution >= 0.6 is 11.6 Å². The van der Waals surface area contributed by atoms with E-state index in [2.05, 4.69) is 41.6 Å². The van der Waals surface area contributed by atoms with Gasteiger partial charge >= 0.3 is 0 Å². The Kier molecular flexibility index (Phi) is 3.93. The Morgan fingerprint density at radius 1 is 1.19 bits per heavy atom. The van der Waals surface area contributed by atoms with Crippen LogP contribution in [-0.2, 0) is 6.54 Å². The Morgan fingerprint density at radius 2 is 2.05 bits per heavy atom. The molecule has 3 rings (SSSR count). The molecule has 0 aliphatic rings. The van der Waals surface area contributed by atoms with Crippen LogP contribution in [0.4, 0.5) is 0 Å². The van der Waals surface area contributed by atoms with Gasteiger partial charge in [0.15, 0.2) is 5.82 Å². The van der Waals surface area contributed by atoms with Crippen molar-refractivity contribution in [3.05, 3.63) is 47.1 Å². The van der Waals surface area contributed by atoms with Crippen LogP contribution in [0.5, 0.6) is 0 Å². The van der Waals surface area contributed by atoms with Gasteiger partial charge < -0.3 is 4.57 Å². The fraction of sp³-hybridized carbons (Fsp3) is 0.294. The third-order valence-corrected chi connectivity index (χ3v) is 3.82. The van der Waals surface area contributed by atoms with Crippen molar-refractivity contribution >= 4 is 22.6 Å². The molecule has 0 unspecified atom stereocenters. The van der Waals surface area contributed by atoms with E-state index < -0.39 is 0 Å². The third kappa shape index (κ3) is 2.79. The minimum Gasteiger partial charge on any atom is -0.323 e.